The largest absolute Gasteiger partial charge is 0.396 e. The molecule has 1 aliphatic rings. The molecule has 11 heavy (non-hydrogen) atoms. The van der Waals surface area contributed by atoms with Crippen LogP contribution in [0.5, 0.6) is 0 Å². The van der Waals surface area contributed by atoms with E-state index < -0.39 is 0 Å². The van der Waals surface area contributed by atoms with Crippen LogP contribution in [0.4, 0.5) is 0 Å². The van der Waals surface area contributed by atoms with Crippen LogP contribution in [0.15, 0.2) is 0 Å². The van der Waals surface area contributed by atoms with Crippen molar-refractivity contribution in [3.8, 4) is 0 Å². The Bertz CT molecular complexity index is 106. The van der Waals surface area contributed by atoms with Crippen LogP contribution in [0.3, 0.4) is 0 Å². The fourth-order valence-electron chi connectivity index (χ4n) is 1.97. The van der Waals surface area contributed by atoms with Crippen molar-refractivity contribution < 1.29 is 5.11 Å². The van der Waals surface area contributed by atoms with Gasteiger partial charge in [-0.25, -0.2) is 0 Å². The van der Waals surface area contributed by atoms with Crippen molar-refractivity contribution in [2.24, 2.45) is 0 Å². The Kier molecular flexibility index (Phi) is 3.87. The zero-order valence-corrected chi connectivity index (χ0v) is 7.42. The third-order valence-electron chi connectivity index (χ3n) is 2.60. The zero-order valence-electron chi connectivity index (χ0n) is 7.42. The van der Waals surface area contributed by atoms with Gasteiger partial charge in [-0.15, -0.1) is 0 Å². The van der Waals surface area contributed by atoms with E-state index >= 15 is 0 Å². The van der Waals surface area contributed by atoms with Crippen molar-refractivity contribution in [2.45, 2.75) is 38.6 Å². The predicted molar refractivity (Wildman–Crippen MR) is 46.6 cm³/mol. The summed E-state index contributed by atoms with van der Waals surface area (Å²) in [6.45, 7) is 5.02. The van der Waals surface area contributed by atoms with Crippen molar-refractivity contribution in [2.75, 3.05) is 19.7 Å². The van der Waals surface area contributed by atoms with Crippen LogP contribution in [-0.4, -0.2) is 35.7 Å². The number of likely N-dealkylation sites (tertiary alicyclic amines) is 1. The Hall–Kier alpha value is -0.0800. The molecule has 0 bridgehead atoms. The van der Waals surface area contributed by atoms with Crippen LogP contribution in [0.2, 0.25) is 0 Å². The van der Waals surface area contributed by atoms with Gasteiger partial charge < -0.3 is 10.0 Å². The molecule has 0 amide bonds. The molecule has 0 aromatic heterocycles. The van der Waals surface area contributed by atoms with E-state index in [2.05, 4.69) is 11.8 Å². The van der Waals surface area contributed by atoms with Crippen LogP contribution in [0.25, 0.3) is 0 Å². The highest BCUT2D eigenvalue weighted by Crippen LogP contribution is 2.20. The average Bonchev–Trinajstić information content (AvgIpc) is 2.47. The Balaban J connectivity index is 2.20. The van der Waals surface area contributed by atoms with Crippen LogP contribution in [-0.2, 0) is 0 Å². The molecule has 1 fully saturated rings. The normalized spacial score (nSPS) is 26.2. The molecule has 2 nitrogen and oxygen atoms in total. The highest BCUT2D eigenvalue weighted by molar-refractivity contribution is 4.77. The Morgan fingerprint density at radius 3 is 3.00 bits per heavy atom. The van der Waals surface area contributed by atoms with Crippen LogP contribution in [0.1, 0.15) is 32.6 Å². The molecule has 0 unspecified atom stereocenters. The zero-order chi connectivity index (χ0) is 8.10. The summed E-state index contributed by atoms with van der Waals surface area (Å²) in [7, 11) is 0. The summed E-state index contributed by atoms with van der Waals surface area (Å²) in [6.07, 6.45) is 4.85. The fourth-order valence-corrected chi connectivity index (χ4v) is 1.97. The molecular formula is C9H19NO. The van der Waals surface area contributed by atoms with Crippen molar-refractivity contribution in [1.29, 1.82) is 0 Å². The Morgan fingerprint density at radius 1 is 1.55 bits per heavy atom. The SMILES string of the molecule is CCN1CCC[C@@H]1CCCO. The first-order valence-electron chi connectivity index (χ1n) is 4.73. The van der Waals surface area contributed by atoms with E-state index in [-0.39, 0.29) is 0 Å². The third kappa shape index (κ3) is 2.46. The molecule has 2 heteroatoms. The first-order valence-corrected chi connectivity index (χ1v) is 4.73. The second kappa shape index (κ2) is 4.73. The van der Waals surface area contributed by atoms with Gasteiger partial charge in [0.15, 0.2) is 0 Å². The van der Waals surface area contributed by atoms with Gasteiger partial charge in [-0.05, 0) is 38.8 Å². The van der Waals surface area contributed by atoms with Crippen LogP contribution < -0.4 is 0 Å². The lowest BCUT2D eigenvalue weighted by Crippen LogP contribution is -2.29. The highest BCUT2D eigenvalue weighted by atomic mass is 16.2. The molecule has 66 valence electrons. The van der Waals surface area contributed by atoms with Gasteiger partial charge in [0.05, 0.1) is 0 Å². The lowest BCUT2D eigenvalue weighted by Gasteiger charge is -2.21. The molecule has 1 saturated heterocycles. The van der Waals surface area contributed by atoms with Crippen molar-refractivity contribution >= 4 is 0 Å². The summed E-state index contributed by atoms with van der Waals surface area (Å²) in [6, 6.07) is 0.771. The lowest BCUT2D eigenvalue weighted by molar-refractivity contribution is 0.223. The molecule has 0 aliphatic carbocycles. The second-order valence-electron chi connectivity index (χ2n) is 3.29. The maximum atomic E-state index is 8.67. The molecule has 1 N–H and O–H groups in total. The van der Waals surface area contributed by atoms with Gasteiger partial charge in [0.2, 0.25) is 0 Å². The quantitative estimate of drug-likeness (QED) is 0.663. The number of nitrogens with zero attached hydrogens (tertiary/aromatic N) is 1. The molecule has 0 aromatic carbocycles. The van der Waals surface area contributed by atoms with E-state index in [1.165, 1.54) is 32.4 Å². The predicted octanol–water partition coefficient (Wildman–Crippen LogP) is 1.24. The minimum absolute atomic E-state index is 0.355. The molecule has 0 radical (unpaired) electrons. The second-order valence-corrected chi connectivity index (χ2v) is 3.29. The van der Waals surface area contributed by atoms with E-state index in [4.69, 9.17) is 5.11 Å². The smallest absolute Gasteiger partial charge is 0.0431 e. The summed E-state index contributed by atoms with van der Waals surface area (Å²) in [5.41, 5.74) is 0. The van der Waals surface area contributed by atoms with Gasteiger partial charge in [0.1, 0.15) is 0 Å². The van der Waals surface area contributed by atoms with Gasteiger partial charge in [-0.3, -0.25) is 0 Å². The maximum absolute atomic E-state index is 8.67. The fraction of sp³-hybridized carbons (Fsp3) is 1.00. The molecule has 1 heterocycles. The van der Waals surface area contributed by atoms with Gasteiger partial charge in [-0.2, -0.15) is 0 Å². The summed E-state index contributed by atoms with van der Waals surface area (Å²) in [4.78, 5) is 2.52. The average molecular weight is 157 g/mol. The van der Waals surface area contributed by atoms with Gasteiger partial charge in [-0.1, -0.05) is 6.92 Å². The minimum atomic E-state index is 0.355. The standard InChI is InChI=1S/C9H19NO/c1-2-10-7-3-5-9(10)6-4-8-11/h9,11H,2-8H2,1H3/t9-/m1/s1. The van der Waals surface area contributed by atoms with E-state index in [1.807, 2.05) is 0 Å². The number of hydrogen-bond donors (Lipinski definition) is 1. The first kappa shape index (κ1) is 9.01. The summed E-state index contributed by atoms with van der Waals surface area (Å²) >= 11 is 0. The number of hydrogen-bond acceptors (Lipinski definition) is 2. The molecular weight excluding hydrogens is 138 g/mol. The molecule has 1 rings (SSSR count). The van der Waals surface area contributed by atoms with E-state index in [0.29, 0.717) is 6.61 Å². The third-order valence-corrected chi connectivity index (χ3v) is 2.60. The van der Waals surface area contributed by atoms with E-state index in [9.17, 15) is 0 Å². The van der Waals surface area contributed by atoms with Gasteiger partial charge in [0, 0.05) is 12.6 Å². The Morgan fingerprint density at radius 2 is 2.36 bits per heavy atom. The molecule has 1 atom stereocenters. The van der Waals surface area contributed by atoms with Crippen molar-refractivity contribution in [1.82, 2.24) is 4.90 Å². The maximum Gasteiger partial charge on any atom is 0.0431 e. The molecule has 1 aliphatic heterocycles. The summed E-state index contributed by atoms with van der Waals surface area (Å²) in [5.74, 6) is 0. The van der Waals surface area contributed by atoms with Crippen molar-refractivity contribution in [3.63, 3.8) is 0 Å². The number of aliphatic hydroxyl groups is 1. The van der Waals surface area contributed by atoms with E-state index in [0.717, 1.165) is 12.5 Å². The number of rotatable bonds is 4. The minimum Gasteiger partial charge on any atom is -0.396 e. The molecule has 0 aromatic rings. The Labute approximate surface area is 69.2 Å². The molecule has 0 spiro atoms. The number of aliphatic hydroxyl groups excluding tert-OH is 1. The molecule has 0 saturated carbocycles. The monoisotopic (exact) mass is 157 g/mol. The van der Waals surface area contributed by atoms with E-state index in [1.54, 1.807) is 0 Å². The van der Waals surface area contributed by atoms with Crippen molar-refractivity contribution in [3.05, 3.63) is 0 Å². The van der Waals surface area contributed by atoms with Crippen LogP contribution >= 0.6 is 0 Å². The lowest BCUT2D eigenvalue weighted by atomic mass is 10.1. The first-order chi connectivity index (χ1) is 5.38. The van der Waals surface area contributed by atoms with Gasteiger partial charge in [0.25, 0.3) is 0 Å². The van der Waals surface area contributed by atoms with Crippen LogP contribution in [0, 0.1) is 0 Å². The summed E-state index contributed by atoms with van der Waals surface area (Å²) < 4.78 is 0. The summed E-state index contributed by atoms with van der Waals surface area (Å²) in [5, 5.41) is 8.67. The topological polar surface area (TPSA) is 23.5 Å². The highest BCUT2D eigenvalue weighted by Gasteiger charge is 2.21. The van der Waals surface area contributed by atoms with Gasteiger partial charge >= 0.3 is 0 Å².